The van der Waals surface area contributed by atoms with Crippen LogP contribution in [0.5, 0.6) is 0 Å². The molecular formula is C17H12F2N2O3. The van der Waals surface area contributed by atoms with Crippen molar-refractivity contribution in [2.24, 2.45) is 4.99 Å². The molecule has 2 aromatic carbocycles. The number of esters is 1. The number of ether oxygens (including phenoxy) is 1. The molecule has 0 fully saturated rings. The molecule has 24 heavy (non-hydrogen) atoms. The lowest BCUT2D eigenvalue weighted by molar-refractivity contribution is -0.132. The molecule has 1 heterocycles. The number of benzene rings is 2. The van der Waals surface area contributed by atoms with E-state index in [2.05, 4.69) is 15.0 Å². The van der Waals surface area contributed by atoms with E-state index in [0.29, 0.717) is 5.69 Å². The largest absolute Gasteiger partial charge is 0.464 e. The van der Waals surface area contributed by atoms with Crippen molar-refractivity contribution < 1.29 is 23.1 Å². The van der Waals surface area contributed by atoms with Gasteiger partial charge in [-0.2, -0.15) is 0 Å². The lowest BCUT2D eigenvalue weighted by atomic mass is 9.94. The van der Waals surface area contributed by atoms with Crippen LogP contribution in [0.3, 0.4) is 0 Å². The van der Waals surface area contributed by atoms with Crippen LogP contribution in [0.2, 0.25) is 0 Å². The number of fused-ring (bicyclic) bond motifs is 1. The van der Waals surface area contributed by atoms with Crippen molar-refractivity contribution >= 4 is 28.8 Å². The minimum Gasteiger partial charge on any atom is -0.464 e. The number of rotatable bonds is 3. The number of carbonyl (C=O) groups is 2. The van der Waals surface area contributed by atoms with Crippen LogP contribution in [-0.4, -0.2) is 30.6 Å². The van der Waals surface area contributed by atoms with Gasteiger partial charge in [-0.3, -0.25) is 4.79 Å². The van der Waals surface area contributed by atoms with Crippen LogP contribution in [0, 0.1) is 11.6 Å². The number of anilines is 1. The molecule has 1 N–H and O–H groups in total. The van der Waals surface area contributed by atoms with Crippen LogP contribution in [0.25, 0.3) is 0 Å². The predicted octanol–water partition coefficient (Wildman–Crippen LogP) is 2.89. The summed E-state index contributed by atoms with van der Waals surface area (Å²) in [5.41, 5.74) is 0.512. The van der Waals surface area contributed by atoms with Crippen LogP contribution in [0.1, 0.15) is 10.4 Å². The minimum absolute atomic E-state index is 0.0577. The molecule has 0 radical (unpaired) electrons. The van der Waals surface area contributed by atoms with E-state index in [4.69, 9.17) is 0 Å². The number of nitrogens with one attached hydrogen (secondary N) is 1. The summed E-state index contributed by atoms with van der Waals surface area (Å²) in [6.45, 7) is 0. The molecule has 5 nitrogen and oxygen atoms in total. The molecule has 1 aliphatic rings. The Morgan fingerprint density at radius 1 is 1.12 bits per heavy atom. The summed E-state index contributed by atoms with van der Waals surface area (Å²) in [7, 11) is 1.17. The van der Waals surface area contributed by atoms with Gasteiger partial charge < -0.3 is 10.1 Å². The standard InChI is InChI=1S/C17H12F2N2O3/c1-24-17(23)15-14(20-11-5-2-9(18)3-6-11)16(22)12-8-10(19)4-7-13(12)21-15/h2-8,14,20H,1H3. The molecule has 0 saturated heterocycles. The summed E-state index contributed by atoms with van der Waals surface area (Å²) >= 11 is 0. The second-order valence-corrected chi connectivity index (χ2v) is 5.10. The first-order valence-corrected chi connectivity index (χ1v) is 7.02. The number of ketones is 1. The first-order chi connectivity index (χ1) is 11.5. The smallest absolute Gasteiger partial charge is 0.355 e. The van der Waals surface area contributed by atoms with Crippen molar-refractivity contribution in [2.75, 3.05) is 12.4 Å². The van der Waals surface area contributed by atoms with Crippen LogP contribution >= 0.6 is 0 Å². The Labute approximate surface area is 136 Å². The number of Topliss-reactive ketones (excluding diaryl/α,β-unsaturated/α-hetero) is 1. The van der Waals surface area contributed by atoms with Gasteiger partial charge in [0, 0.05) is 11.3 Å². The fraction of sp³-hybridized carbons (Fsp3) is 0.118. The third-order valence-electron chi connectivity index (χ3n) is 3.55. The topological polar surface area (TPSA) is 67.8 Å². The molecule has 0 saturated carbocycles. The minimum atomic E-state index is -1.16. The van der Waals surface area contributed by atoms with Gasteiger partial charge in [0.15, 0.2) is 11.5 Å². The van der Waals surface area contributed by atoms with Gasteiger partial charge >= 0.3 is 5.97 Å². The van der Waals surface area contributed by atoms with Crippen molar-refractivity contribution in [2.45, 2.75) is 6.04 Å². The summed E-state index contributed by atoms with van der Waals surface area (Å²) in [5.74, 6) is -2.33. The van der Waals surface area contributed by atoms with Crippen LogP contribution in [0.15, 0.2) is 47.5 Å². The Morgan fingerprint density at radius 2 is 1.79 bits per heavy atom. The van der Waals surface area contributed by atoms with Crippen LogP contribution in [0.4, 0.5) is 20.2 Å². The van der Waals surface area contributed by atoms with Crippen LogP contribution in [-0.2, 0) is 9.53 Å². The van der Waals surface area contributed by atoms with Gasteiger partial charge in [0.05, 0.1) is 12.8 Å². The number of aliphatic imine (C=N–C) groups is 1. The molecule has 0 aliphatic carbocycles. The van der Waals surface area contributed by atoms with Gasteiger partial charge in [-0.15, -0.1) is 0 Å². The second-order valence-electron chi connectivity index (χ2n) is 5.10. The van der Waals surface area contributed by atoms with Gasteiger partial charge in [0.25, 0.3) is 0 Å². The van der Waals surface area contributed by atoms with E-state index in [1.54, 1.807) is 0 Å². The normalized spacial score (nSPS) is 16.2. The molecular weight excluding hydrogens is 318 g/mol. The first-order valence-electron chi connectivity index (χ1n) is 7.02. The molecule has 3 rings (SSSR count). The molecule has 1 atom stereocenters. The fourth-order valence-corrected chi connectivity index (χ4v) is 2.39. The molecule has 0 aromatic heterocycles. The summed E-state index contributed by atoms with van der Waals surface area (Å²) in [5, 5.41) is 2.81. The highest BCUT2D eigenvalue weighted by molar-refractivity contribution is 6.46. The lowest BCUT2D eigenvalue weighted by Gasteiger charge is -2.24. The molecule has 0 spiro atoms. The number of methoxy groups -OCH3 is 1. The summed E-state index contributed by atoms with van der Waals surface area (Å²) in [6, 6.07) is 7.62. The Morgan fingerprint density at radius 3 is 2.46 bits per heavy atom. The molecule has 0 bridgehead atoms. The average molecular weight is 330 g/mol. The number of hydrogen-bond donors (Lipinski definition) is 1. The molecule has 2 aromatic rings. The Balaban J connectivity index is 2.04. The molecule has 122 valence electrons. The molecule has 1 unspecified atom stereocenters. The van der Waals surface area contributed by atoms with E-state index in [9.17, 15) is 18.4 Å². The number of hydrogen-bond acceptors (Lipinski definition) is 5. The predicted molar refractivity (Wildman–Crippen MR) is 83.7 cm³/mol. The van der Waals surface area contributed by atoms with Crippen molar-refractivity contribution in [1.29, 1.82) is 0 Å². The highest BCUT2D eigenvalue weighted by Gasteiger charge is 2.36. The number of halogens is 2. The van der Waals surface area contributed by atoms with E-state index in [1.165, 1.54) is 37.4 Å². The second kappa shape index (κ2) is 6.19. The number of nitrogens with zero attached hydrogens (tertiary/aromatic N) is 1. The monoisotopic (exact) mass is 330 g/mol. The third kappa shape index (κ3) is 2.88. The van der Waals surface area contributed by atoms with E-state index < -0.39 is 29.4 Å². The van der Waals surface area contributed by atoms with E-state index in [0.717, 1.165) is 12.1 Å². The van der Waals surface area contributed by atoms with E-state index in [1.807, 2.05) is 0 Å². The highest BCUT2D eigenvalue weighted by atomic mass is 19.1. The number of carbonyl (C=O) groups excluding carboxylic acids is 2. The van der Waals surface area contributed by atoms with Crippen molar-refractivity contribution in [1.82, 2.24) is 0 Å². The zero-order valence-corrected chi connectivity index (χ0v) is 12.5. The summed E-state index contributed by atoms with van der Waals surface area (Å²) < 4.78 is 31.1. The van der Waals surface area contributed by atoms with E-state index in [-0.39, 0.29) is 17.0 Å². The first kappa shape index (κ1) is 15.8. The van der Waals surface area contributed by atoms with Crippen molar-refractivity contribution in [3.63, 3.8) is 0 Å². The molecule has 7 heteroatoms. The Hall–Kier alpha value is -3.09. The highest BCUT2D eigenvalue weighted by Crippen LogP contribution is 2.28. The summed E-state index contributed by atoms with van der Waals surface area (Å²) in [4.78, 5) is 28.8. The van der Waals surface area contributed by atoms with Crippen LogP contribution < -0.4 is 5.32 Å². The van der Waals surface area contributed by atoms with Crippen molar-refractivity contribution in [3.8, 4) is 0 Å². The molecule has 1 aliphatic heterocycles. The van der Waals surface area contributed by atoms with Gasteiger partial charge in [-0.25, -0.2) is 18.6 Å². The third-order valence-corrected chi connectivity index (χ3v) is 3.55. The quantitative estimate of drug-likeness (QED) is 0.879. The Bertz CT molecular complexity index is 847. The van der Waals surface area contributed by atoms with Gasteiger partial charge in [0.1, 0.15) is 17.7 Å². The van der Waals surface area contributed by atoms with Crippen molar-refractivity contribution in [3.05, 3.63) is 59.7 Å². The maximum atomic E-state index is 13.4. The molecule has 0 amide bonds. The SMILES string of the molecule is COC(=O)C1=Nc2ccc(F)cc2C(=O)C1Nc1ccc(F)cc1. The maximum absolute atomic E-state index is 13.4. The zero-order valence-electron chi connectivity index (χ0n) is 12.5. The van der Waals surface area contributed by atoms with E-state index >= 15 is 0 Å². The summed E-state index contributed by atoms with van der Waals surface area (Å²) in [6.07, 6.45) is 0. The fourth-order valence-electron chi connectivity index (χ4n) is 2.39. The Kier molecular flexibility index (Phi) is 4.07. The average Bonchev–Trinajstić information content (AvgIpc) is 2.58. The lowest BCUT2D eigenvalue weighted by Crippen LogP contribution is -2.44. The zero-order chi connectivity index (χ0) is 17.3. The van der Waals surface area contributed by atoms with Gasteiger partial charge in [-0.1, -0.05) is 0 Å². The van der Waals surface area contributed by atoms with Gasteiger partial charge in [-0.05, 0) is 42.5 Å². The van der Waals surface area contributed by atoms with Gasteiger partial charge in [0.2, 0.25) is 0 Å². The maximum Gasteiger partial charge on any atom is 0.355 e.